The van der Waals surface area contributed by atoms with E-state index in [2.05, 4.69) is 53.7 Å². The van der Waals surface area contributed by atoms with Gasteiger partial charge in [-0.25, -0.2) is 0 Å². The molecular formula is C28H25N3O3S. The van der Waals surface area contributed by atoms with Gasteiger partial charge >= 0.3 is 0 Å². The van der Waals surface area contributed by atoms with Gasteiger partial charge in [0.05, 0.1) is 11.7 Å². The van der Waals surface area contributed by atoms with Crippen molar-refractivity contribution in [2.45, 2.75) is 17.4 Å². The molecule has 2 aliphatic heterocycles. The van der Waals surface area contributed by atoms with Crippen molar-refractivity contribution < 1.29 is 14.3 Å². The highest BCUT2D eigenvalue weighted by atomic mass is 32.2. The number of H-pyrrole nitrogens is 1. The minimum absolute atomic E-state index is 0.0197. The van der Waals surface area contributed by atoms with Crippen molar-refractivity contribution in [1.29, 1.82) is 0 Å². The minimum Gasteiger partial charge on any atom is -0.482 e. The zero-order chi connectivity index (χ0) is 23.9. The summed E-state index contributed by atoms with van der Waals surface area (Å²) < 4.78 is 5.56. The topological polar surface area (TPSA) is 65.6 Å². The van der Waals surface area contributed by atoms with Crippen LogP contribution >= 0.6 is 11.8 Å². The molecule has 0 saturated carbocycles. The number of aromatic amines is 1. The molecule has 7 heteroatoms. The number of carbonyl (C=O) groups excluding carboxylic acids is 2. The van der Waals surface area contributed by atoms with Crippen LogP contribution in [0.5, 0.6) is 5.75 Å². The SMILES string of the molecule is CSc1ccc([C@H]2c3[nH]c4ccccc4c3CCN2C(=O)CN2C(=O)COc3ccccc32)cc1. The Kier molecular flexibility index (Phi) is 5.49. The molecule has 35 heavy (non-hydrogen) atoms. The lowest BCUT2D eigenvalue weighted by atomic mass is 9.92. The van der Waals surface area contributed by atoms with Crippen molar-refractivity contribution >= 4 is 40.2 Å². The van der Waals surface area contributed by atoms with Gasteiger partial charge < -0.3 is 14.6 Å². The van der Waals surface area contributed by atoms with Crippen LogP contribution in [0.25, 0.3) is 10.9 Å². The number of anilines is 1. The molecule has 6 nitrogen and oxygen atoms in total. The Morgan fingerprint density at radius 3 is 2.66 bits per heavy atom. The highest BCUT2D eigenvalue weighted by molar-refractivity contribution is 7.98. The van der Waals surface area contributed by atoms with Crippen LogP contribution in [0.3, 0.4) is 0 Å². The highest BCUT2D eigenvalue weighted by Crippen LogP contribution is 2.39. The third-order valence-electron chi connectivity index (χ3n) is 6.89. The smallest absolute Gasteiger partial charge is 0.265 e. The van der Waals surface area contributed by atoms with Gasteiger partial charge in [-0.2, -0.15) is 0 Å². The van der Waals surface area contributed by atoms with Crippen LogP contribution in [0.1, 0.15) is 22.9 Å². The standard InChI is InChI=1S/C28H25N3O3S/c1-35-19-12-10-18(11-13-19)28-27-21(20-6-2-3-7-22(20)29-27)14-15-30(28)25(32)16-31-23-8-4-5-9-24(23)34-17-26(31)33/h2-13,28-29H,14-17H2,1H3/t28-/m0/s1. The van der Waals surface area contributed by atoms with Gasteiger partial charge in [0.15, 0.2) is 6.61 Å². The van der Waals surface area contributed by atoms with Gasteiger partial charge in [-0.3, -0.25) is 14.5 Å². The molecular weight excluding hydrogens is 458 g/mol. The normalized spacial score (nSPS) is 17.2. The number of aromatic nitrogens is 1. The summed E-state index contributed by atoms with van der Waals surface area (Å²) >= 11 is 1.69. The number of nitrogens with zero attached hydrogens (tertiary/aromatic N) is 2. The van der Waals surface area contributed by atoms with E-state index in [9.17, 15) is 9.59 Å². The summed E-state index contributed by atoms with van der Waals surface area (Å²) in [7, 11) is 0. The Morgan fingerprint density at radius 1 is 1.06 bits per heavy atom. The van der Waals surface area contributed by atoms with E-state index in [-0.39, 0.29) is 31.0 Å². The summed E-state index contributed by atoms with van der Waals surface area (Å²) in [5, 5.41) is 1.21. The van der Waals surface area contributed by atoms with Gasteiger partial charge in [0.1, 0.15) is 12.3 Å². The van der Waals surface area contributed by atoms with Crippen LogP contribution in [0, 0.1) is 0 Å². The summed E-state index contributed by atoms with van der Waals surface area (Å²) in [6.45, 7) is 0.507. The Labute approximate surface area is 207 Å². The predicted molar refractivity (Wildman–Crippen MR) is 138 cm³/mol. The Balaban J connectivity index is 1.39. The average molecular weight is 484 g/mol. The molecule has 1 atom stereocenters. The highest BCUT2D eigenvalue weighted by Gasteiger charge is 2.36. The number of para-hydroxylation sites is 3. The molecule has 4 aromatic rings. The lowest BCUT2D eigenvalue weighted by molar-refractivity contribution is -0.133. The predicted octanol–water partition coefficient (Wildman–Crippen LogP) is 4.79. The Hall–Kier alpha value is -3.71. The summed E-state index contributed by atoms with van der Waals surface area (Å²) in [5.41, 5.74) is 5.08. The van der Waals surface area contributed by atoms with E-state index in [1.54, 1.807) is 16.7 Å². The van der Waals surface area contributed by atoms with Crippen LogP contribution in [0.4, 0.5) is 5.69 Å². The second-order valence-corrected chi connectivity index (χ2v) is 9.69. The van der Waals surface area contributed by atoms with Gasteiger partial charge in [-0.15, -0.1) is 11.8 Å². The molecule has 0 radical (unpaired) electrons. The maximum absolute atomic E-state index is 13.8. The third-order valence-corrected chi connectivity index (χ3v) is 7.63. The van der Waals surface area contributed by atoms with Crippen molar-refractivity contribution in [3.05, 3.63) is 89.6 Å². The summed E-state index contributed by atoms with van der Waals surface area (Å²) in [5.74, 6) is 0.334. The molecule has 6 rings (SSSR count). The van der Waals surface area contributed by atoms with Gasteiger partial charge in [0, 0.05) is 28.0 Å². The lowest BCUT2D eigenvalue weighted by Gasteiger charge is -2.38. The van der Waals surface area contributed by atoms with Crippen molar-refractivity contribution in [3.63, 3.8) is 0 Å². The molecule has 0 saturated heterocycles. The summed E-state index contributed by atoms with van der Waals surface area (Å²) in [6, 6.07) is 23.8. The number of amides is 2. The number of ether oxygens (including phenoxy) is 1. The first-order valence-corrected chi connectivity index (χ1v) is 12.9. The van der Waals surface area contributed by atoms with E-state index < -0.39 is 0 Å². The van der Waals surface area contributed by atoms with Gasteiger partial charge in [0.2, 0.25) is 5.91 Å². The van der Waals surface area contributed by atoms with Gasteiger partial charge in [0.25, 0.3) is 5.91 Å². The van der Waals surface area contributed by atoms with Crippen molar-refractivity contribution in [2.75, 3.05) is 30.9 Å². The maximum Gasteiger partial charge on any atom is 0.265 e. The molecule has 0 bridgehead atoms. The molecule has 0 fully saturated rings. The molecule has 3 heterocycles. The van der Waals surface area contributed by atoms with E-state index in [0.717, 1.165) is 23.2 Å². The summed E-state index contributed by atoms with van der Waals surface area (Å²) in [4.78, 5) is 34.8. The fourth-order valence-electron chi connectivity index (χ4n) is 5.20. The third kappa shape index (κ3) is 3.76. The Bertz CT molecular complexity index is 1430. The molecule has 176 valence electrons. The largest absolute Gasteiger partial charge is 0.482 e. The first-order chi connectivity index (χ1) is 17.1. The molecule has 1 N–H and O–H groups in total. The van der Waals surface area contributed by atoms with Gasteiger partial charge in [-0.1, -0.05) is 42.5 Å². The number of hydrogen-bond donors (Lipinski definition) is 1. The second kappa shape index (κ2) is 8.82. The van der Waals surface area contributed by atoms with Crippen molar-refractivity contribution in [2.24, 2.45) is 0 Å². The zero-order valence-electron chi connectivity index (χ0n) is 19.4. The second-order valence-electron chi connectivity index (χ2n) is 8.81. The fraction of sp³-hybridized carbons (Fsp3) is 0.214. The average Bonchev–Trinajstić information content (AvgIpc) is 3.28. The van der Waals surface area contributed by atoms with Crippen LogP contribution in [-0.2, 0) is 16.0 Å². The summed E-state index contributed by atoms with van der Waals surface area (Å²) in [6.07, 6.45) is 2.82. The number of fused-ring (bicyclic) bond motifs is 4. The van der Waals surface area contributed by atoms with Crippen LogP contribution < -0.4 is 9.64 Å². The van der Waals surface area contributed by atoms with Crippen molar-refractivity contribution in [3.8, 4) is 5.75 Å². The van der Waals surface area contributed by atoms with E-state index in [4.69, 9.17) is 4.74 Å². The van der Waals surface area contributed by atoms with E-state index in [1.807, 2.05) is 35.2 Å². The van der Waals surface area contributed by atoms with Gasteiger partial charge in [-0.05, 0) is 54.1 Å². The van der Waals surface area contributed by atoms with E-state index >= 15 is 0 Å². The van der Waals surface area contributed by atoms with Crippen LogP contribution in [-0.4, -0.2) is 47.7 Å². The first kappa shape index (κ1) is 21.8. The monoisotopic (exact) mass is 483 g/mol. The maximum atomic E-state index is 13.8. The first-order valence-electron chi connectivity index (χ1n) is 11.7. The van der Waals surface area contributed by atoms with E-state index in [1.165, 1.54) is 15.8 Å². The molecule has 0 aliphatic carbocycles. The number of rotatable bonds is 4. The lowest BCUT2D eigenvalue weighted by Crippen LogP contribution is -2.49. The molecule has 3 aromatic carbocycles. The quantitative estimate of drug-likeness (QED) is 0.424. The number of carbonyl (C=O) groups is 2. The van der Waals surface area contributed by atoms with Crippen LogP contribution in [0.2, 0.25) is 0 Å². The molecule has 1 aromatic heterocycles. The number of hydrogen-bond acceptors (Lipinski definition) is 4. The minimum atomic E-state index is -0.249. The number of nitrogens with one attached hydrogen (secondary N) is 1. The number of thioether (sulfide) groups is 1. The number of benzene rings is 3. The molecule has 0 unspecified atom stereocenters. The molecule has 0 spiro atoms. The molecule has 2 amide bonds. The van der Waals surface area contributed by atoms with Crippen LogP contribution in [0.15, 0.2) is 77.7 Å². The van der Waals surface area contributed by atoms with Crippen molar-refractivity contribution in [1.82, 2.24) is 9.88 Å². The Morgan fingerprint density at radius 2 is 1.83 bits per heavy atom. The zero-order valence-corrected chi connectivity index (χ0v) is 20.2. The fourth-order valence-corrected chi connectivity index (χ4v) is 5.60. The van der Waals surface area contributed by atoms with E-state index in [0.29, 0.717) is 18.0 Å². The molecule has 2 aliphatic rings.